The van der Waals surface area contributed by atoms with E-state index in [1.54, 1.807) is 29.3 Å². The Balaban J connectivity index is 1.63. The molecule has 0 radical (unpaired) electrons. The summed E-state index contributed by atoms with van der Waals surface area (Å²) in [5.41, 5.74) is 0.401. The average Bonchev–Trinajstić information content (AvgIpc) is 3.32. The molecule has 4 rings (SSSR count). The number of rotatable bonds is 4. The van der Waals surface area contributed by atoms with Crippen molar-refractivity contribution in [1.29, 1.82) is 0 Å². The Bertz CT molecular complexity index is 1160. The van der Waals surface area contributed by atoms with Crippen LogP contribution in [0.25, 0.3) is 5.69 Å². The van der Waals surface area contributed by atoms with E-state index in [1.807, 2.05) is 6.92 Å². The standard InChI is InChI=1S/C21H19ClF3N7O/c1-13-3-2-10-31(17(13)12-26-19-7-6-18(29-30-19)21(23,24)25)20(33)15-11-14(22)4-5-16(15)32-27-8-9-28-32/h4-9,11-13H,2-3,10H2,1H3,(H,26,30)/b17-12+. The quantitative estimate of drug-likeness (QED) is 0.593. The summed E-state index contributed by atoms with van der Waals surface area (Å²) in [6, 6.07) is 6.91. The molecule has 33 heavy (non-hydrogen) atoms. The number of amides is 1. The molecule has 1 unspecified atom stereocenters. The Morgan fingerprint density at radius 2 is 1.94 bits per heavy atom. The molecule has 1 atom stereocenters. The van der Waals surface area contributed by atoms with Crippen LogP contribution >= 0.6 is 11.6 Å². The topological polar surface area (TPSA) is 88.8 Å². The van der Waals surface area contributed by atoms with Crippen LogP contribution in [0.5, 0.6) is 0 Å². The number of hydrogen-bond acceptors (Lipinski definition) is 6. The Labute approximate surface area is 192 Å². The van der Waals surface area contributed by atoms with Gasteiger partial charge in [-0.05, 0) is 49.1 Å². The summed E-state index contributed by atoms with van der Waals surface area (Å²) in [4.78, 5) is 16.5. The fraction of sp³-hybridized carbons (Fsp3) is 0.286. The third kappa shape index (κ3) is 4.98. The number of hydrogen-bond donors (Lipinski definition) is 1. The van der Waals surface area contributed by atoms with Crippen molar-refractivity contribution in [3.05, 3.63) is 70.9 Å². The molecule has 1 N–H and O–H groups in total. The number of benzene rings is 1. The van der Waals surface area contributed by atoms with E-state index in [0.717, 1.165) is 18.9 Å². The molecule has 1 aliphatic rings. The summed E-state index contributed by atoms with van der Waals surface area (Å²) in [7, 11) is 0. The summed E-state index contributed by atoms with van der Waals surface area (Å²) in [6.07, 6.45) is 1.66. The predicted octanol–water partition coefficient (Wildman–Crippen LogP) is 4.56. The highest BCUT2D eigenvalue weighted by Crippen LogP contribution is 2.31. The number of halogens is 4. The summed E-state index contributed by atoms with van der Waals surface area (Å²) >= 11 is 6.17. The van der Waals surface area contributed by atoms with E-state index in [1.165, 1.54) is 23.3 Å². The van der Waals surface area contributed by atoms with Gasteiger partial charge in [-0.2, -0.15) is 28.2 Å². The first-order valence-electron chi connectivity index (χ1n) is 10.1. The second-order valence-electron chi connectivity index (χ2n) is 7.50. The zero-order valence-electron chi connectivity index (χ0n) is 17.4. The number of alkyl halides is 3. The summed E-state index contributed by atoms with van der Waals surface area (Å²) in [5, 5.41) is 18.2. The molecular weight excluding hydrogens is 459 g/mol. The number of carbonyl (C=O) groups excluding carboxylic acids is 1. The predicted molar refractivity (Wildman–Crippen MR) is 115 cm³/mol. The maximum absolute atomic E-state index is 13.6. The first-order valence-corrected chi connectivity index (χ1v) is 10.5. The van der Waals surface area contributed by atoms with Crippen molar-refractivity contribution in [2.24, 2.45) is 5.92 Å². The second kappa shape index (κ2) is 9.18. The highest BCUT2D eigenvalue weighted by molar-refractivity contribution is 6.31. The van der Waals surface area contributed by atoms with Gasteiger partial charge in [0.05, 0.1) is 23.6 Å². The first kappa shape index (κ1) is 22.7. The minimum Gasteiger partial charge on any atom is -0.343 e. The zero-order valence-corrected chi connectivity index (χ0v) is 18.2. The minimum atomic E-state index is -4.57. The van der Waals surface area contributed by atoms with Crippen molar-refractivity contribution in [3.63, 3.8) is 0 Å². The highest BCUT2D eigenvalue weighted by Gasteiger charge is 2.33. The maximum Gasteiger partial charge on any atom is 0.435 e. The lowest BCUT2D eigenvalue weighted by atomic mass is 9.95. The highest BCUT2D eigenvalue weighted by atomic mass is 35.5. The zero-order chi connectivity index (χ0) is 23.6. The van der Waals surface area contributed by atoms with E-state index < -0.39 is 11.9 Å². The third-order valence-corrected chi connectivity index (χ3v) is 5.46. The molecule has 1 saturated heterocycles. The number of aromatic nitrogens is 5. The van der Waals surface area contributed by atoms with E-state index in [2.05, 4.69) is 25.7 Å². The van der Waals surface area contributed by atoms with Gasteiger partial charge in [-0.25, -0.2) is 0 Å². The molecule has 3 heterocycles. The molecule has 0 saturated carbocycles. The van der Waals surface area contributed by atoms with Gasteiger partial charge >= 0.3 is 6.18 Å². The Kier molecular flexibility index (Phi) is 6.32. The molecule has 2 aromatic heterocycles. The lowest BCUT2D eigenvalue weighted by Gasteiger charge is -2.34. The van der Waals surface area contributed by atoms with Crippen LogP contribution in [0, 0.1) is 5.92 Å². The first-order chi connectivity index (χ1) is 15.7. The molecule has 1 fully saturated rings. The Morgan fingerprint density at radius 1 is 1.18 bits per heavy atom. The number of piperidine rings is 1. The van der Waals surface area contributed by atoms with Crippen LogP contribution in [-0.4, -0.2) is 42.5 Å². The van der Waals surface area contributed by atoms with Crippen molar-refractivity contribution in [2.75, 3.05) is 11.9 Å². The van der Waals surface area contributed by atoms with Crippen LogP contribution in [0.4, 0.5) is 19.0 Å². The molecular formula is C21H19ClF3N7O. The number of carbonyl (C=O) groups is 1. The van der Waals surface area contributed by atoms with Gasteiger partial charge in [-0.3, -0.25) is 4.79 Å². The monoisotopic (exact) mass is 477 g/mol. The van der Waals surface area contributed by atoms with E-state index in [9.17, 15) is 18.0 Å². The van der Waals surface area contributed by atoms with Crippen molar-refractivity contribution in [3.8, 4) is 5.69 Å². The van der Waals surface area contributed by atoms with Crippen LogP contribution < -0.4 is 5.32 Å². The maximum atomic E-state index is 13.6. The van der Waals surface area contributed by atoms with Gasteiger partial charge in [0.1, 0.15) is 0 Å². The summed E-state index contributed by atoms with van der Waals surface area (Å²) < 4.78 is 38.1. The normalized spacial score (nSPS) is 17.9. The van der Waals surface area contributed by atoms with Gasteiger partial charge in [-0.15, -0.1) is 10.2 Å². The lowest BCUT2D eigenvalue weighted by Crippen LogP contribution is -2.38. The van der Waals surface area contributed by atoms with Crippen molar-refractivity contribution in [1.82, 2.24) is 30.1 Å². The Morgan fingerprint density at radius 3 is 2.61 bits per heavy atom. The Hall–Kier alpha value is -3.47. The SMILES string of the molecule is CC1CCCN(C(=O)c2cc(Cl)ccc2-n2nccn2)/C1=C/Nc1ccc(C(F)(F)F)nn1. The second-order valence-corrected chi connectivity index (χ2v) is 7.93. The fourth-order valence-electron chi connectivity index (χ4n) is 3.59. The van der Waals surface area contributed by atoms with Crippen molar-refractivity contribution in [2.45, 2.75) is 25.9 Å². The molecule has 0 bridgehead atoms. The van der Waals surface area contributed by atoms with Gasteiger partial charge in [-0.1, -0.05) is 18.5 Å². The molecule has 3 aromatic rings. The van der Waals surface area contributed by atoms with E-state index in [4.69, 9.17) is 11.6 Å². The largest absolute Gasteiger partial charge is 0.435 e. The van der Waals surface area contributed by atoms with E-state index in [0.29, 0.717) is 28.5 Å². The molecule has 0 spiro atoms. The summed E-state index contributed by atoms with van der Waals surface area (Å²) in [6.45, 7) is 2.44. The number of likely N-dealkylation sites (tertiary alicyclic amines) is 1. The molecule has 0 aliphatic carbocycles. The molecule has 8 nitrogen and oxygen atoms in total. The van der Waals surface area contributed by atoms with Crippen molar-refractivity contribution >= 4 is 23.3 Å². The minimum absolute atomic E-state index is 0.0167. The van der Waals surface area contributed by atoms with Crippen LogP contribution in [0.15, 0.2) is 54.6 Å². The average molecular weight is 478 g/mol. The lowest BCUT2D eigenvalue weighted by molar-refractivity contribution is -0.141. The van der Waals surface area contributed by atoms with Crippen molar-refractivity contribution < 1.29 is 18.0 Å². The van der Waals surface area contributed by atoms with Gasteiger partial charge in [0.15, 0.2) is 11.5 Å². The molecule has 1 aromatic carbocycles. The van der Waals surface area contributed by atoms with E-state index >= 15 is 0 Å². The fourth-order valence-corrected chi connectivity index (χ4v) is 3.76. The van der Waals surface area contributed by atoms with Crippen LogP contribution in [0.3, 0.4) is 0 Å². The smallest absolute Gasteiger partial charge is 0.343 e. The summed E-state index contributed by atoms with van der Waals surface area (Å²) in [5.74, 6) is -0.143. The van der Waals surface area contributed by atoms with Crippen LogP contribution in [-0.2, 0) is 6.18 Å². The number of anilines is 1. The van der Waals surface area contributed by atoms with Gasteiger partial charge in [0, 0.05) is 23.5 Å². The third-order valence-electron chi connectivity index (χ3n) is 5.23. The van der Waals surface area contributed by atoms with Gasteiger partial charge < -0.3 is 10.2 Å². The van der Waals surface area contributed by atoms with Gasteiger partial charge in [0.2, 0.25) is 0 Å². The molecule has 12 heteroatoms. The van der Waals surface area contributed by atoms with Gasteiger partial charge in [0.25, 0.3) is 5.91 Å². The van der Waals surface area contributed by atoms with Crippen LogP contribution in [0.1, 0.15) is 35.8 Å². The molecule has 1 aliphatic heterocycles. The molecule has 1 amide bonds. The number of nitrogens with zero attached hydrogens (tertiary/aromatic N) is 6. The van der Waals surface area contributed by atoms with Crippen LogP contribution in [0.2, 0.25) is 5.02 Å². The number of allylic oxidation sites excluding steroid dienone is 1. The number of nitrogens with one attached hydrogen (secondary N) is 1. The van der Waals surface area contributed by atoms with E-state index in [-0.39, 0.29) is 17.6 Å². The molecule has 172 valence electrons.